The average Bonchev–Trinajstić information content (AvgIpc) is 2.94. The third-order valence-electron chi connectivity index (χ3n) is 3.16. The van der Waals surface area contributed by atoms with Crippen molar-refractivity contribution >= 4 is 22.5 Å². The van der Waals surface area contributed by atoms with Crippen molar-refractivity contribution in [3.63, 3.8) is 0 Å². The summed E-state index contributed by atoms with van der Waals surface area (Å²) in [7, 11) is 0. The number of hydrogen-bond donors (Lipinski definition) is 3. The number of aliphatic hydroxyl groups excluding tert-OH is 2. The first-order valence-electron chi connectivity index (χ1n) is 5.77. The molecule has 0 unspecified atom stereocenters. The Balaban J connectivity index is 2.46. The Kier molecular flexibility index (Phi) is 2.81. The molecule has 0 aliphatic heterocycles. The van der Waals surface area contributed by atoms with Crippen molar-refractivity contribution < 1.29 is 20.1 Å². The first kappa shape index (κ1) is 12.5. The molecule has 0 aliphatic rings. The third-order valence-corrected chi connectivity index (χ3v) is 3.16. The maximum Gasteiger partial charge on any atom is 0.339 e. The summed E-state index contributed by atoms with van der Waals surface area (Å²) < 4.78 is 1.30. The van der Waals surface area contributed by atoms with Crippen molar-refractivity contribution in [1.82, 2.24) is 20.0 Å². The van der Waals surface area contributed by atoms with E-state index in [1.54, 1.807) is 12.1 Å². The van der Waals surface area contributed by atoms with Gasteiger partial charge in [-0.2, -0.15) is 4.52 Å². The van der Waals surface area contributed by atoms with E-state index in [4.69, 9.17) is 0 Å². The Hall–Kier alpha value is -2.58. The molecule has 3 rings (SSSR count). The van der Waals surface area contributed by atoms with Crippen LogP contribution in [0.25, 0.3) is 16.6 Å². The van der Waals surface area contributed by atoms with Gasteiger partial charge >= 0.3 is 5.97 Å². The summed E-state index contributed by atoms with van der Waals surface area (Å²) in [6.07, 6.45) is 0. The molecule has 0 saturated carbocycles. The normalized spacial score (nSPS) is 11.3. The summed E-state index contributed by atoms with van der Waals surface area (Å²) in [5.41, 5.74) is 1.74. The lowest BCUT2D eigenvalue weighted by Gasteiger charge is -2.09. The predicted octanol–water partition coefficient (Wildman–Crippen LogP) is -0.0397. The number of carbonyl (C=O) groups is 1. The van der Waals surface area contributed by atoms with E-state index in [0.29, 0.717) is 22.0 Å². The highest BCUT2D eigenvalue weighted by Crippen LogP contribution is 2.23. The fourth-order valence-corrected chi connectivity index (χ4v) is 2.18. The number of fused-ring (bicyclic) bond motifs is 3. The van der Waals surface area contributed by atoms with Crippen LogP contribution >= 0.6 is 0 Å². The molecule has 8 heteroatoms. The molecule has 0 bridgehead atoms. The zero-order valence-electron chi connectivity index (χ0n) is 10.2. The van der Waals surface area contributed by atoms with E-state index in [-0.39, 0.29) is 24.4 Å². The standard InChI is InChI=1S/C12H10N4O4/c17-4-7-1-6-2-9(12(19)20)11-13-14-15-16(11)10(6)3-8(7)5-18/h1-3,17-18H,4-5H2,(H,19,20). The topological polar surface area (TPSA) is 121 Å². The summed E-state index contributed by atoms with van der Waals surface area (Å²) in [6, 6.07) is 4.70. The molecule has 2 heterocycles. The quantitative estimate of drug-likeness (QED) is 0.612. The highest BCUT2D eigenvalue weighted by molar-refractivity contribution is 5.99. The fraction of sp³-hybridized carbons (Fsp3) is 0.167. The molecule has 3 aromatic rings. The number of hydrogen-bond acceptors (Lipinski definition) is 6. The van der Waals surface area contributed by atoms with E-state index in [1.807, 2.05) is 0 Å². The van der Waals surface area contributed by atoms with Gasteiger partial charge in [0.1, 0.15) is 5.56 Å². The Morgan fingerprint density at radius 2 is 1.85 bits per heavy atom. The molecular weight excluding hydrogens is 264 g/mol. The smallest absolute Gasteiger partial charge is 0.339 e. The fourth-order valence-electron chi connectivity index (χ4n) is 2.18. The average molecular weight is 274 g/mol. The lowest BCUT2D eigenvalue weighted by molar-refractivity contribution is 0.0698. The Bertz CT molecular complexity index is 827. The van der Waals surface area contributed by atoms with Gasteiger partial charge in [-0.15, -0.1) is 5.10 Å². The predicted molar refractivity (Wildman–Crippen MR) is 67.1 cm³/mol. The number of nitrogens with zero attached hydrogens (tertiary/aromatic N) is 4. The maximum absolute atomic E-state index is 11.2. The minimum absolute atomic E-state index is 0.0249. The van der Waals surface area contributed by atoms with Crippen LogP contribution in [0, 0.1) is 0 Å². The monoisotopic (exact) mass is 274 g/mol. The Morgan fingerprint density at radius 1 is 1.15 bits per heavy atom. The third kappa shape index (κ3) is 1.70. The minimum Gasteiger partial charge on any atom is -0.478 e. The van der Waals surface area contributed by atoms with Crippen molar-refractivity contribution in [2.24, 2.45) is 0 Å². The van der Waals surface area contributed by atoms with Crippen LogP contribution in [0.4, 0.5) is 0 Å². The molecule has 1 aromatic carbocycles. The van der Waals surface area contributed by atoms with Gasteiger partial charge in [0.05, 0.1) is 18.7 Å². The van der Waals surface area contributed by atoms with E-state index in [2.05, 4.69) is 15.5 Å². The van der Waals surface area contributed by atoms with Crippen molar-refractivity contribution in [1.29, 1.82) is 0 Å². The SMILES string of the molecule is O=C(O)c1cc2cc(CO)c(CO)cc2n2nnnc12. The van der Waals surface area contributed by atoms with Gasteiger partial charge < -0.3 is 15.3 Å². The second-order valence-corrected chi connectivity index (χ2v) is 4.27. The number of aliphatic hydroxyl groups is 2. The number of benzene rings is 1. The zero-order valence-corrected chi connectivity index (χ0v) is 10.2. The molecule has 0 aliphatic carbocycles. The zero-order chi connectivity index (χ0) is 14.3. The van der Waals surface area contributed by atoms with Crippen molar-refractivity contribution in [2.75, 3.05) is 0 Å². The molecule has 0 fully saturated rings. The first-order valence-corrected chi connectivity index (χ1v) is 5.77. The molecule has 3 N–H and O–H groups in total. The molecule has 0 radical (unpaired) electrons. The number of aromatic nitrogens is 4. The van der Waals surface area contributed by atoms with E-state index >= 15 is 0 Å². The van der Waals surface area contributed by atoms with Gasteiger partial charge in [0.2, 0.25) is 0 Å². The van der Waals surface area contributed by atoms with Gasteiger partial charge in [0, 0.05) is 5.39 Å². The second-order valence-electron chi connectivity index (χ2n) is 4.27. The molecule has 0 spiro atoms. The first-order chi connectivity index (χ1) is 9.65. The number of rotatable bonds is 3. The van der Waals surface area contributed by atoms with Gasteiger partial charge in [-0.25, -0.2) is 4.79 Å². The summed E-state index contributed by atoms with van der Waals surface area (Å²) >= 11 is 0. The number of carboxylic acids is 1. The van der Waals surface area contributed by atoms with Gasteiger partial charge in [-0.05, 0) is 39.8 Å². The van der Waals surface area contributed by atoms with Crippen LogP contribution in [0.1, 0.15) is 21.5 Å². The lowest BCUT2D eigenvalue weighted by atomic mass is 10.0. The molecule has 8 nitrogen and oxygen atoms in total. The molecule has 0 amide bonds. The number of aromatic carboxylic acids is 1. The highest BCUT2D eigenvalue weighted by atomic mass is 16.4. The van der Waals surface area contributed by atoms with Crippen LogP contribution in [0.2, 0.25) is 0 Å². The van der Waals surface area contributed by atoms with E-state index in [9.17, 15) is 20.1 Å². The van der Waals surface area contributed by atoms with Crippen molar-refractivity contribution in [3.8, 4) is 0 Å². The number of carboxylic acid groups (broad SMARTS) is 1. The van der Waals surface area contributed by atoms with Crippen LogP contribution in [0.3, 0.4) is 0 Å². The molecular formula is C12H10N4O4. The van der Waals surface area contributed by atoms with Crippen LogP contribution in [0.15, 0.2) is 18.2 Å². The number of tetrazole rings is 1. The Morgan fingerprint density at radius 3 is 2.50 bits per heavy atom. The van der Waals surface area contributed by atoms with Gasteiger partial charge in [0.25, 0.3) is 0 Å². The molecule has 102 valence electrons. The Labute approximate surface area is 111 Å². The van der Waals surface area contributed by atoms with Crippen molar-refractivity contribution in [2.45, 2.75) is 13.2 Å². The van der Waals surface area contributed by atoms with Gasteiger partial charge in [-0.3, -0.25) is 0 Å². The lowest BCUT2D eigenvalue weighted by Crippen LogP contribution is -2.04. The number of pyridine rings is 1. The van der Waals surface area contributed by atoms with Crippen LogP contribution < -0.4 is 0 Å². The van der Waals surface area contributed by atoms with Crippen LogP contribution in [0.5, 0.6) is 0 Å². The maximum atomic E-state index is 11.2. The minimum atomic E-state index is -1.14. The molecule has 0 saturated heterocycles. The highest BCUT2D eigenvalue weighted by Gasteiger charge is 2.16. The van der Waals surface area contributed by atoms with Crippen molar-refractivity contribution in [3.05, 3.63) is 34.9 Å². The van der Waals surface area contributed by atoms with E-state index in [1.165, 1.54) is 10.6 Å². The summed E-state index contributed by atoms with van der Waals surface area (Å²) in [5, 5.41) is 39.3. The summed E-state index contributed by atoms with van der Waals surface area (Å²) in [4.78, 5) is 11.2. The second kappa shape index (κ2) is 4.51. The van der Waals surface area contributed by atoms with Crippen LogP contribution in [-0.4, -0.2) is 41.3 Å². The molecule has 20 heavy (non-hydrogen) atoms. The van der Waals surface area contributed by atoms with E-state index < -0.39 is 5.97 Å². The molecule has 0 atom stereocenters. The largest absolute Gasteiger partial charge is 0.478 e. The molecule has 2 aromatic heterocycles. The summed E-state index contributed by atoms with van der Waals surface area (Å²) in [6.45, 7) is -0.488. The van der Waals surface area contributed by atoms with Gasteiger partial charge in [-0.1, -0.05) is 0 Å². The van der Waals surface area contributed by atoms with Crippen LogP contribution in [-0.2, 0) is 13.2 Å². The summed E-state index contributed by atoms with van der Waals surface area (Å²) in [5.74, 6) is -1.14. The van der Waals surface area contributed by atoms with Gasteiger partial charge in [0.15, 0.2) is 5.65 Å². The van der Waals surface area contributed by atoms with E-state index in [0.717, 1.165) is 0 Å².